The Labute approximate surface area is 116 Å². The summed E-state index contributed by atoms with van der Waals surface area (Å²) in [6.07, 6.45) is 0.982. The highest BCUT2D eigenvalue weighted by Gasteiger charge is 2.22. The van der Waals surface area contributed by atoms with Crippen LogP contribution in [0.25, 0.3) is 0 Å². The van der Waals surface area contributed by atoms with Gasteiger partial charge in [0.05, 0.1) is 11.6 Å². The molecule has 0 fully saturated rings. The molecule has 0 saturated heterocycles. The summed E-state index contributed by atoms with van der Waals surface area (Å²) in [5.74, 6) is -0.620. The van der Waals surface area contributed by atoms with Gasteiger partial charge in [0.2, 0.25) is 10.0 Å². The molecule has 0 aliphatic heterocycles. The number of halogens is 2. The van der Waals surface area contributed by atoms with Crippen LogP contribution in [0.15, 0.2) is 23.1 Å². The monoisotopic (exact) mass is 310 g/mol. The van der Waals surface area contributed by atoms with E-state index in [-0.39, 0.29) is 16.5 Å². The minimum Gasteiger partial charge on any atom is -0.395 e. The van der Waals surface area contributed by atoms with E-state index in [0.29, 0.717) is 19.4 Å². The van der Waals surface area contributed by atoms with Crippen molar-refractivity contribution in [3.05, 3.63) is 29.0 Å². The van der Waals surface area contributed by atoms with Crippen molar-refractivity contribution in [1.82, 2.24) is 4.72 Å². The molecule has 1 aromatic rings. The van der Waals surface area contributed by atoms with Gasteiger partial charge < -0.3 is 10.8 Å². The molecule has 0 spiro atoms. The van der Waals surface area contributed by atoms with Crippen LogP contribution in [-0.2, 0) is 10.0 Å². The molecule has 1 atom stereocenters. The summed E-state index contributed by atoms with van der Waals surface area (Å²) in [6.45, 7) is 0.0492. The molecule has 0 heterocycles. The van der Waals surface area contributed by atoms with Gasteiger partial charge in [-0.05, 0) is 37.6 Å². The van der Waals surface area contributed by atoms with Crippen molar-refractivity contribution < 1.29 is 17.9 Å². The van der Waals surface area contributed by atoms with Crippen molar-refractivity contribution in [3.63, 3.8) is 0 Å². The average Bonchev–Trinajstić information content (AvgIpc) is 2.33. The lowest BCUT2D eigenvalue weighted by atomic mass is 10.2. The van der Waals surface area contributed by atoms with Crippen LogP contribution in [0.1, 0.15) is 12.8 Å². The van der Waals surface area contributed by atoms with Gasteiger partial charge >= 0.3 is 0 Å². The molecular formula is C11H16ClFN2O3S. The standard InChI is InChI=1S/C11H16ClFN2O3S/c12-10-6-8(13)3-4-11(10)19(17,18)15-9(7-16)2-1-5-14/h3-4,6,9,15-16H,1-2,5,7,14H2. The lowest BCUT2D eigenvalue weighted by Crippen LogP contribution is -2.37. The Morgan fingerprint density at radius 2 is 2.16 bits per heavy atom. The summed E-state index contributed by atoms with van der Waals surface area (Å²) in [6, 6.07) is 2.37. The molecule has 19 heavy (non-hydrogen) atoms. The van der Waals surface area contributed by atoms with E-state index in [1.54, 1.807) is 0 Å². The summed E-state index contributed by atoms with van der Waals surface area (Å²) in [5, 5.41) is 8.91. The Hall–Kier alpha value is -0.730. The third-order valence-electron chi connectivity index (χ3n) is 2.48. The van der Waals surface area contributed by atoms with Crippen LogP contribution in [-0.4, -0.2) is 32.7 Å². The Morgan fingerprint density at radius 3 is 2.68 bits per heavy atom. The van der Waals surface area contributed by atoms with Crippen molar-refractivity contribution in [2.24, 2.45) is 5.73 Å². The van der Waals surface area contributed by atoms with Gasteiger partial charge in [0.25, 0.3) is 0 Å². The van der Waals surface area contributed by atoms with Gasteiger partial charge in [0, 0.05) is 6.04 Å². The topological polar surface area (TPSA) is 92.4 Å². The number of nitrogens with two attached hydrogens (primary N) is 1. The van der Waals surface area contributed by atoms with Gasteiger partial charge in [-0.3, -0.25) is 0 Å². The van der Waals surface area contributed by atoms with Gasteiger partial charge in [-0.15, -0.1) is 0 Å². The average molecular weight is 311 g/mol. The van der Waals surface area contributed by atoms with Gasteiger partial charge in [-0.25, -0.2) is 17.5 Å². The molecule has 1 aromatic carbocycles. The third-order valence-corrected chi connectivity index (χ3v) is 4.49. The van der Waals surface area contributed by atoms with Crippen LogP contribution >= 0.6 is 11.6 Å². The van der Waals surface area contributed by atoms with Crippen LogP contribution < -0.4 is 10.5 Å². The maximum absolute atomic E-state index is 12.9. The van der Waals surface area contributed by atoms with Crippen molar-refractivity contribution in [2.75, 3.05) is 13.2 Å². The molecule has 108 valence electrons. The molecule has 1 rings (SSSR count). The number of hydrogen-bond donors (Lipinski definition) is 3. The molecule has 5 nitrogen and oxygen atoms in total. The summed E-state index contributed by atoms with van der Waals surface area (Å²) < 4.78 is 39.3. The Morgan fingerprint density at radius 1 is 1.47 bits per heavy atom. The first-order chi connectivity index (χ1) is 8.90. The molecule has 0 radical (unpaired) electrons. The number of benzene rings is 1. The maximum Gasteiger partial charge on any atom is 0.242 e. The first-order valence-corrected chi connectivity index (χ1v) is 7.55. The van der Waals surface area contributed by atoms with Crippen LogP contribution in [0.3, 0.4) is 0 Å². The fraction of sp³-hybridized carbons (Fsp3) is 0.455. The van der Waals surface area contributed by atoms with E-state index in [2.05, 4.69) is 4.72 Å². The van der Waals surface area contributed by atoms with Crippen LogP contribution in [0, 0.1) is 5.82 Å². The summed E-state index contributed by atoms with van der Waals surface area (Å²) in [7, 11) is -3.90. The second-order valence-corrected chi connectivity index (χ2v) is 6.10. The molecule has 8 heteroatoms. The smallest absolute Gasteiger partial charge is 0.242 e. The number of aliphatic hydroxyl groups is 1. The van der Waals surface area contributed by atoms with E-state index < -0.39 is 21.9 Å². The zero-order chi connectivity index (χ0) is 14.5. The van der Waals surface area contributed by atoms with Gasteiger partial charge in [0.1, 0.15) is 10.7 Å². The van der Waals surface area contributed by atoms with Gasteiger partial charge in [-0.1, -0.05) is 11.6 Å². The van der Waals surface area contributed by atoms with Crippen LogP contribution in [0.2, 0.25) is 5.02 Å². The molecule has 0 aromatic heterocycles. The molecular weight excluding hydrogens is 295 g/mol. The lowest BCUT2D eigenvalue weighted by Gasteiger charge is -2.16. The normalized spacial score (nSPS) is 13.5. The minimum absolute atomic E-state index is 0.206. The van der Waals surface area contributed by atoms with Crippen molar-refractivity contribution in [3.8, 4) is 0 Å². The Kier molecular flexibility index (Phi) is 6.15. The number of sulfonamides is 1. The summed E-state index contributed by atoms with van der Waals surface area (Å²) in [4.78, 5) is -0.221. The molecule has 1 unspecified atom stereocenters. The van der Waals surface area contributed by atoms with E-state index in [1.165, 1.54) is 0 Å². The van der Waals surface area contributed by atoms with E-state index in [9.17, 15) is 12.8 Å². The molecule has 0 saturated carbocycles. The lowest BCUT2D eigenvalue weighted by molar-refractivity contribution is 0.249. The second kappa shape index (κ2) is 7.16. The van der Waals surface area contributed by atoms with E-state index in [0.717, 1.165) is 18.2 Å². The van der Waals surface area contributed by atoms with E-state index in [4.69, 9.17) is 22.4 Å². The third kappa shape index (κ3) is 4.70. The SMILES string of the molecule is NCCCC(CO)NS(=O)(=O)c1ccc(F)cc1Cl. The number of hydrogen-bond acceptors (Lipinski definition) is 4. The van der Waals surface area contributed by atoms with Crippen molar-refractivity contribution in [2.45, 2.75) is 23.8 Å². The number of nitrogens with one attached hydrogen (secondary N) is 1. The summed E-state index contributed by atoms with van der Waals surface area (Å²) >= 11 is 5.70. The van der Waals surface area contributed by atoms with E-state index >= 15 is 0 Å². The first-order valence-electron chi connectivity index (χ1n) is 5.69. The maximum atomic E-state index is 12.9. The fourth-order valence-electron chi connectivity index (χ4n) is 1.53. The Bertz CT molecular complexity index is 525. The molecule has 0 bridgehead atoms. The van der Waals surface area contributed by atoms with Crippen molar-refractivity contribution >= 4 is 21.6 Å². The molecule has 4 N–H and O–H groups in total. The molecule has 0 aliphatic rings. The molecule has 0 amide bonds. The highest BCUT2D eigenvalue weighted by Crippen LogP contribution is 2.22. The number of rotatable bonds is 7. The highest BCUT2D eigenvalue weighted by molar-refractivity contribution is 7.89. The molecule has 0 aliphatic carbocycles. The fourth-order valence-corrected chi connectivity index (χ4v) is 3.32. The minimum atomic E-state index is -3.90. The van der Waals surface area contributed by atoms with Gasteiger partial charge in [-0.2, -0.15) is 0 Å². The quantitative estimate of drug-likeness (QED) is 0.696. The second-order valence-electron chi connectivity index (χ2n) is 4.01. The zero-order valence-electron chi connectivity index (χ0n) is 10.1. The Balaban J connectivity index is 2.90. The predicted octanol–water partition coefficient (Wildman–Crippen LogP) is 0.857. The van der Waals surface area contributed by atoms with Gasteiger partial charge in [0.15, 0.2) is 0 Å². The van der Waals surface area contributed by atoms with Crippen LogP contribution in [0.5, 0.6) is 0 Å². The zero-order valence-corrected chi connectivity index (χ0v) is 11.7. The van der Waals surface area contributed by atoms with Crippen molar-refractivity contribution in [1.29, 1.82) is 0 Å². The number of aliphatic hydroxyl groups excluding tert-OH is 1. The van der Waals surface area contributed by atoms with E-state index in [1.807, 2.05) is 0 Å². The van der Waals surface area contributed by atoms with Crippen LogP contribution in [0.4, 0.5) is 4.39 Å². The highest BCUT2D eigenvalue weighted by atomic mass is 35.5. The largest absolute Gasteiger partial charge is 0.395 e. The predicted molar refractivity (Wildman–Crippen MR) is 70.9 cm³/mol. The first kappa shape index (κ1) is 16.3. The summed E-state index contributed by atoms with van der Waals surface area (Å²) in [5.41, 5.74) is 5.33.